The Balaban J connectivity index is 2.15. The highest BCUT2D eigenvalue weighted by molar-refractivity contribution is 5.29. The van der Waals surface area contributed by atoms with Crippen molar-refractivity contribution >= 4 is 0 Å². The third-order valence-corrected chi connectivity index (χ3v) is 4.61. The lowest BCUT2D eigenvalue weighted by Crippen LogP contribution is -2.50. The van der Waals surface area contributed by atoms with Gasteiger partial charge in [0.2, 0.25) is 0 Å². The maximum atomic E-state index is 6.42. The van der Waals surface area contributed by atoms with Gasteiger partial charge in [-0.3, -0.25) is 0 Å². The molecule has 112 valence electrons. The van der Waals surface area contributed by atoms with E-state index in [1.54, 1.807) is 0 Å². The van der Waals surface area contributed by atoms with Gasteiger partial charge in [0.25, 0.3) is 0 Å². The molecule has 0 spiro atoms. The van der Waals surface area contributed by atoms with Crippen LogP contribution in [0, 0.1) is 0 Å². The first-order valence-electron chi connectivity index (χ1n) is 7.89. The molecule has 2 rings (SSSR count). The molecule has 1 N–H and O–H groups in total. The van der Waals surface area contributed by atoms with E-state index in [-0.39, 0.29) is 17.1 Å². The Morgan fingerprint density at radius 3 is 2.25 bits per heavy atom. The third kappa shape index (κ3) is 3.24. The minimum atomic E-state index is 0.00557. The number of nitrogens with one attached hydrogen (secondary N) is 1. The highest BCUT2D eigenvalue weighted by Gasteiger charge is 2.34. The molecule has 1 heterocycles. The zero-order valence-corrected chi connectivity index (χ0v) is 13.6. The van der Waals surface area contributed by atoms with Crippen LogP contribution in [-0.4, -0.2) is 18.7 Å². The lowest BCUT2D eigenvalue weighted by Gasteiger charge is -2.41. The fourth-order valence-corrected chi connectivity index (χ4v) is 2.87. The molecular formula is C18H29NO. The number of benzene rings is 1. The van der Waals surface area contributed by atoms with E-state index >= 15 is 0 Å². The van der Waals surface area contributed by atoms with Crippen molar-refractivity contribution in [3.05, 3.63) is 35.4 Å². The minimum Gasteiger partial charge on any atom is -0.364 e. The van der Waals surface area contributed by atoms with Crippen LogP contribution in [-0.2, 0) is 10.2 Å². The zero-order chi connectivity index (χ0) is 14.8. The molecule has 2 heteroatoms. The van der Waals surface area contributed by atoms with Crippen LogP contribution in [0.1, 0.15) is 64.7 Å². The van der Waals surface area contributed by atoms with Gasteiger partial charge in [-0.25, -0.2) is 0 Å². The molecule has 0 radical (unpaired) electrons. The second-order valence-electron chi connectivity index (χ2n) is 7.00. The van der Waals surface area contributed by atoms with E-state index in [2.05, 4.69) is 64.2 Å². The molecule has 1 saturated heterocycles. The summed E-state index contributed by atoms with van der Waals surface area (Å²) in [4.78, 5) is 0. The van der Waals surface area contributed by atoms with Crippen LogP contribution in [0.2, 0.25) is 0 Å². The molecule has 0 aromatic heterocycles. The van der Waals surface area contributed by atoms with E-state index in [1.807, 2.05) is 0 Å². The Morgan fingerprint density at radius 1 is 1.15 bits per heavy atom. The lowest BCUT2D eigenvalue weighted by molar-refractivity contribution is -0.122. The predicted molar refractivity (Wildman–Crippen MR) is 85.2 cm³/mol. The molecule has 1 aromatic carbocycles. The van der Waals surface area contributed by atoms with Gasteiger partial charge in [0, 0.05) is 13.1 Å². The monoisotopic (exact) mass is 275 g/mol. The average molecular weight is 275 g/mol. The fraction of sp³-hybridized carbons (Fsp3) is 0.667. The SMILES string of the molecule is CCC1(CC)CNCC(c2ccc(C(C)(C)C)cc2)O1. The summed E-state index contributed by atoms with van der Waals surface area (Å²) in [5.41, 5.74) is 2.88. The second kappa shape index (κ2) is 5.87. The number of hydrogen-bond donors (Lipinski definition) is 1. The van der Waals surface area contributed by atoms with Crippen LogP contribution in [0.4, 0.5) is 0 Å². The molecule has 0 amide bonds. The van der Waals surface area contributed by atoms with Gasteiger partial charge in [0.15, 0.2) is 0 Å². The summed E-state index contributed by atoms with van der Waals surface area (Å²) in [6.45, 7) is 13.1. The number of ether oxygens (including phenoxy) is 1. The number of morpholine rings is 1. The maximum Gasteiger partial charge on any atom is 0.0957 e. The van der Waals surface area contributed by atoms with E-state index in [0.717, 1.165) is 25.9 Å². The predicted octanol–water partition coefficient (Wildman–Crippen LogP) is 4.20. The summed E-state index contributed by atoms with van der Waals surface area (Å²) in [6.07, 6.45) is 2.30. The van der Waals surface area contributed by atoms with E-state index in [9.17, 15) is 0 Å². The molecule has 1 aromatic rings. The third-order valence-electron chi connectivity index (χ3n) is 4.61. The van der Waals surface area contributed by atoms with Gasteiger partial charge in [0.05, 0.1) is 11.7 Å². The second-order valence-corrected chi connectivity index (χ2v) is 7.00. The quantitative estimate of drug-likeness (QED) is 0.892. The molecule has 0 bridgehead atoms. The van der Waals surface area contributed by atoms with E-state index in [1.165, 1.54) is 11.1 Å². The molecule has 2 nitrogen and oxygen atoms in total. The summed E-state index contributed by atoms with van der Waals surface area (Å²) in [5.74, 6) is 0. The van der Waals surface area contributed by atoms with Gasteiger partial charge in [-0.2, -0.15) is 0 Å². The summed E-state index contributed by atoms with van der Waals surface area (Å²) < 4.78 is 6.42. The Bertz CT molecular complexity index is 426. The van der Waals surface area contributed by atoms with Gasteiger partial charge in [-0.05, 0) is 29.4 Å². The zero-order valence-electron chi connectivity index (χ0n) is 13.6. The molecule has 20 heavy (non-hydrogen) atoms. The van der Waals surface area contributed by atoms with Crippen molar-refractivity contribution in [2.45, 2.75) is 64.6 Å². The largest absolute Gasteiger partial charge is 0.364 e. The smallest absolute Gasteiger partial charge is 0.0957 e. The number of hydrogen-bond acceptors (Lipinski definition) is 2. The van der Waals surface area contributed by atoms with Crippen molar-refractivity contribution < 1.29 is 4.74 Å². The van der Waals surface area contributed by atoms with Crippen molar-refractivity contribution in [1.82, 2.24) is 5.32 Å². The van der Waals surface area contributed by atoms with E-state index in [0.29, 0.717) is 0 Å². The molecule has 0 aliphatic carbocycles. The van der Waals surface area contributed by atoms with Crippen LogP contribution in [0.3, 0.4) is 0 Å². The molecule has 1 atom stereocenters. The lowest BCUT2D eigenvalue weighted by atomic mass is 9.86. The van der Waals surface area contributed by atoms with Gasteiger partial charge < -0.3 is 10.1 Å². The fourth-order valence-electron chi connectivity index (χ4n) is 2.87. The molecule has 1 aliphatic rings. The van der Waals surface area contributed by atoms with Gasteiger partial charge in [-0.1, -0.05) is 58.9 Å². The van der Waals surface area contributed by atoms with Crippen LogP contribution in [0.15, 0.2) is 24.3 Å². The first-order chi connectivity index (χ1) is 9.40. The Morgan fingerprint density at radius 2 is 1.75 bits per heavy atom. The van der Waals surface area contributed by atoms with E-state index < -0.39 is 0 Å². The van der Waals surface area contributed by atoms with Crippen molar-refractivity contribution in [1.29, 1.82) is 0 Å². The summed E-state index contributed by atoms with van der Waals surface area (Å²) in [6, 6.07) is 8.95. The van der Waals surface area contributed by atoms with Gasteiger partial charge in [0.1, 0.15) is 0 Å². The van der Waals surface area contributed by atoms with Crippen LogP contribution in [0.5, 0.6) is 0 Å². The van der Waals surface area contributed by atoms with Crippen LogP contribution < -0.4 is 5.32 Å². The van der Waals surface area contributed by atoms with E-state index in [4.69, 9.17) is 4.74 Å². The highest BCUT2D eigenvalue weighted by Crippen LogP contribution is 2.32. The van der Waals surface area contributed by atoms with Crippen LogP contribution in [0.25, 0.3) is 0 Å². The Hall–Kier alpha value is -0.860. The molecule has 0 saturated carbocycles. The normalized spacial score (nSPS) is 22.8. The Kier molecular flexibility index (Phi) is 4.55. The minimum absolute atomic E-state index is 0.00557. The van der Waals surface area contributed by atoms with Crippen molar-refractivity contribution in [2.75, 3.05) is 13.1 Å². The summed E-state index contributed by atoms with van der Waals surface area (Å²) >= 11 is 0. The van der Waals surface area contributed by atoms with Crippen molar-refractivity contribution in [3.8, 4) is 0 Å². The topological polar surface area (TPSA) is 21.3 Å². The summed E-state index contributed by atoms with van der Waals surface area (Å²) in [7, 11) is 0. The summed E-state index contributed by atoms with van der Waals surface area (Å²) in [5, 5.41) is 3.55. The first-order valence-corrected chi connectivity index (χ1v) is 7.89. The maximum absolute atomic E-state index is 6.42. The average Bonchev–Trinajstić information content (AvgIpc) is 2.46. The van der Waals surface area contributed by atoms with Gasteiger partial charge in [-0.15, -0.1) is 0 Å². The molecule has 1 fully saturated rings. The molecular weight excluding hydrogens is 246 g/mol. The first kappa shape index (κ1) is 15.5. The van der Waals surface area contributed by atoms with Crippen LogP contribution >= 0.6 is 0 Å². The van der Waals surface area contributed by atoms with Crippen molar-refractivity contribution in [3.63, 3.8) is 0 Å². The molecule has 1 aliphatic heterocycles. The van der Waals surface area contributed by atoms with Crippen molar-refractivity contribution in [2.24, 2.45) is 0 Å². The highest BCUT2D eigenvalue weighted by atomic mass is 16.5. The molecule has 1 unspecified atom stereocenters. The Labute approximate surface area is 123 Å². The van der Waals surface area contributed by atoms with Gasteiger partial charge >= 0.3 is 0 Å². The number of rotatable bonds is 3. The standard InChI is InChI=1S/C18H29NO/c1-6-18(7-2)13-19-12-16(20-18)14-8-10-15(11-9-14)17(3,4)5/h8-11,16,19H,6-7,12-13H2,1-5H3.